The molecule has 0 heterocycles. The molecule has 1 aromatic carbocycles. The van der Waals surface area contributed by atoms with E-state index in [4.69, 9.17) is 21.4 Å². The van der Waals surface area contributed by atoms with Gasteiger partial charge < -0.3 is 14.7 Å². The Balaban J connectivity index is 2.65. The first-order valence-corrected chi connectivity index (χ1v) is 5.06. The van der Waals surface area contributed by atoms with Gasteiger partial charge in [0.15, 0.2) is 5.75 Å². The van der Waals surface area contributed by atoms with E-state index in [0.717, 1.165) is 0 Å². The van der Waals surface area contributed by atoms with Crippen molar-refractivity contribution in [2.24, 2.45) is 0 Å². The number of phosphoric acid groups is 1. The molecule has 7 heteroatoms. The van der Waals surface area contributed by atoms with Gasteiger partial charge in [-0.15, -0.1) is 0 Å². The molecular formula is C6H6ClO5P. The van der Waals surface area contributed by atoms with E-state index >= 15 is 0 Å². The number of benzene rings is 1. The molecule has 13 heavy (non-hydrogen) atoms. The molecular weight excluding hydrogens is 218 g/mol. The van der Waals surface area contributed by atoms with Crippen LogP contribution >= 0.6 is 19.4 Å². The maximum absolute atomic E-state index is 10.2. The second-order valence-electron chi connectivity index (χ2n) is 2.08. The summed E-state index contributed by atoms with van der Waals surface area (Å²) >= 11 is 5.60. The van der Waals surface area contributed by atoms with E-state index in [1.54, 1.807) is 12.1 Å². The molecule has 5 nitrogen and oxygen atoms in total. The number of rotatable bonds is 3. The molecule has 0 unspecified atom stereocenters. The Morgan fingerprint density at radius 2 is 1.92 bits per heavy atom. The zero-order valence-electron chi connectivity index (χ0n) is 6.25. The molecule has 1 aromatic rings. The molecule has 0 saturated heterocycles. The lowest BCUT2D eigenvalue weighted by Crippen LogP contribution is -1.94. The smallest absolute Gasteiger partial charge is 0.326 e. The largest absolute Gasteiger partial charge is 0.505 e. The standard InChI is InChI=1S/C6H6ClO5P/c7-5-3-1-2-4-6(5)11-12-13(8,9)10/h1-4H,(H2,8,9,10). The SMILES string of the molecule is O=P(O)(O)OOc1ccccc1Cl. The van der Waals surface area contributed by atoms with Crippen LogP contribution in [0.4, 0.5) is 0 Å². The third-order valence-electron chi connectivity index (χ3n) is 1.06. The van der Waals surface area contributed by atoms with Crippen LogP contribution in [0.2, 0.25) is 5.02 Å². The first-order valence-electron chi connectivity index (χ1n) is 3.15. The van der Waals surface area contributed by atoms with E-state index in [9.17, 15) is 4.57 Å². The van der Waals surface area contributed by atoms with Crippen LogP contribution in [0.15, 0.2) is 24.3 Å². The van der Waals surface area contributed by atoms with Gasteiger partial charge in [0, 0.05) is 0 Å². The Kier molecular flexibility index (Phi) is 3.30. The minimum atomic E-state index is -4.63. The van der Waals surface area contributed by atoms with Crippen molar-refractivity contribution >= 4 is 19.4 Å². The van der Waals surface area contributed by atoms with Crippen molar-refractivity contribution in [3.05, 3.63) is 29.3 Å². The van der Waals surface area contributed by atoms with Crippen LogP contribution in [0, 0.1) is 0 Å². The Morgan fingerprint density at radius 1 is 1.31 bits per heavy atom. The fourth-order valence-corrected chi connectivity index (χ4v) is 0.946. The molecule has 0 atom stereocenters. The van der Waals surface area contributed by atoms with Crippen molar-refractivity contribution in [3.63, 3.8) is 0 Å². The Hall–Kier alpha value is -0.580. The summed E-state index contributed by atoms with van der Waals surface area (Å²) in [4.78, 5) is 20.9. The third-order valence-corrected chi connectivity index (χ3v) is 1.64. The van der Waals surface area contributed by atoms with Crippen LogP contribution in [0.3, 0.4) is 0 Å². The average molecular weight is 225 g/mol. The molecule has 1 rings (SSSR count). The highest BCUT2D eigenvalue weighted by Gasteiger charge is 2.17. The lowest BCUT2D eigenvalue weighted by molar-refractivity contribution is -0.122. The van der Waals surface area contributed by atoms with Gasteiger partial charge in [-0.2, -0.15) is 0 Å². The first kappa shape index (κ1) is 10.5. The van der Waals surface area contributed by atoms with Crippen LogP contribution in [-0.2, 0) is 9.24 Å². The molecule has 0 bridgehead atoms. The minimum Gasteiger partial charge on any atom is -0.326 e. The van der Waals surface area contributed by atoms with Gasteiger partial charge in [0.05, 0.1) is 5.02 Å². The molecule has 0 aliphatic heterocycles. The van der Waals surface area contributed by atoms with Crippen LogP contribution in [0.25, 0.3) is 0 Å². The van der Waals surface area contributed by atoms with Crippen LogP contribution in [0.1, 0.15) is 0 Å². The van der Waals surface area contributed by atoms with Crippen LogP contribution in [-0.4, -0.2) is 9.79 Å². The Morgan fingerprint density at radius 3 is 2.46 bits per heavy atom. The summed E-state index contributed by atoms with van der Waals surface area (Å²) in [6.07, 6.45) is 0. The van der Waals surface area contributed by atoms with Gasteiger partial charge in [-0.05, 0) is 12.1 Å². The number of hydrogen-bond donors (Lipinski definition) is 2. The second-order valence-corrected chi connectivity index (χ2v) is 3.62. The van der Waals surface area contributed by atoms with E-state index in [2.05, 4.69) is 9.56 Å². The van der Waals surface area contributed by atoms with Crippen molar-refractivity contribution in [1.29, 1.82) is 0 Å². The Bertz CT molecular complexity index is 336. The van der Waals surface area contributed by atoms with Crippen molar-refractivity contribution in [3.8, 4) is 5.75 Å². The predicted octanol–water partition coefficient (Wildman–Crippen LogP) is 1.74. The predicted molar refractivity (Wildman–Crippen MR) is 45.2 cm³/mol. The van der Waals surface area contributed by atoms with Gasteiger partial charge in [-0.3, -0.25) is 0 Å². The van der Waals surface area contributed by atoms with Crippen LogP contribution in [0.5, 0.6) is 5.75 Å². The van der Waals surface area contributed by atoms with Crippen molar-refractivity contribution < 1.29 is 23.9 Å². The van der Waals surface area contributed by atoms with Crippen LogP contribution < -0.4 is 4.89 Å². The molecule has 0 radical (unpaired) electrons. The number of halogens is 1. The summed E-state index contributed by atoms with van der Waals surface area (Å²) in [5.41, 5.74) is 0. The summed E-state index contributed by atoms with van der Waals surface area (Å²) in [6.45, 7) is 0. The minimum absolute atomic E-state index is 0.0486. The normalized spacial score (nSPS) is 11.3. The van der Waals surface area contributed by atoms with Gasteiger partial charge in [0.1, 0.15) is 0 Å². The summed E-state index contributed by atoms with van der Waals surface area (Å²) in [5.74, 6) is 0.0486. The van der Waals surface area contributed by atoms with Crippen molar-refractivity contribution in [2.45, 2.75) is 0 Å². The van der Waals surface area contributed by atoms with Crippen molar-refractivity contribution in [1.82, 2.24) is 0 Å². The zero-order valence-corrected chi connectivity index (χ0v) is 7.90. The maximum Gasteiger partial charge on any atom is 0.505 e. The summed E-state index contributed by atoms with van der Waals surface area (Å²) in [6, 6.07) is 6.15. The topological polar surface area (TPSA) is 76.0 Å². The fraction of sp³-hybridized carbons (Fsp3) is 0. The van der Waals surface area contributed by atoms with Gasteiger partial charge in [-0.25, -0.2) is 4.57 Å². The molecule has 0 aromatic heterocycles. The van der Waals surface area contributed by atoms with Gasteiger partial charge in [-0.1, -0.05) is 28.4 Å². The summed E-state index contributed by atoms with van der Waals surface area (Å²) in [5, 5.41) is 0.205. The quantitative estimate of drug-likeness (QED) is 0.465. The molecule has 0 saturated carbocycles. The second kappa shape index (κ2) is 4.09. The monoisotopic (exact) mass is 224 g/mol. The lowest BCUT2D eigenvalue weighted by atomic mass is 10.3. The van der Waals surface area contributed by atoms with E-state index in [0.29, 0.717) is 0 Å². The van der Waals surface area contributed by atoms with Gasteiger partial charge >= 0.3 is 7.82 Å². The van der Waals surface area contributed by atoms with Gasteiger partial charge in [0.2, 0.25) is 0 Å². The fourth-order valence-electron chi connectivity index (χ4n) is 0.601. The summed E-state index contributed by atoms with van der Waals surface area (Å²) < 4.78 is 14.0. The molecule has 2 N–H and O–H groups in total. The summed E-state index contributed by atoms with van der Waals surface area (Å²) in [7, 11) is -4.63. The van der Waals surface area contributed by atoms with E-state index in [1.165, 1.54) is 12.1 Å². The molecule has 0 aliphatic rings. The lowest BCUT2D eigenvalue weighted by Gasteiger charge is -2.05. The highest BCUT2D eigenvalue weighted by molar-refractivity contribution is 7.46. The van der Waals surface area contributed by atoms with E-state index in [-0.39, 0.29) is 10.8 Å². The maximum atomic E-state index is 10.2. The zero-order chi connectivity index (χ0) is 9.90. The van der Waals surface area contributed by atoms with E-state index in [1.807, 2.05) is 0 Å². The third kappa shape index (κ3) is 3.76. The van der Waals surface area contributed by atoms with Crippen molar-refractivity contribution in [2.75, 3.05) is 0 Å². The first-order chi connectivity index (χ1) is 5.99. The van der Waals surface area contributed by atoms with E-state index < -0.39 is 7.82 Å². The molecule has 0 spiro atoms. The molecule has 0 amide bonds. The highest BCUT2D eigenvalue weighted by atomic mass is 35.5. The number of hydrogen-bond acceptors (Lipinski definition) is 3. The highest BCUT2D eigenvalue weighted by Crippen LogP contribution is 2.37. The molecule has 0 fully saturated rings. The molecule has 0 aliphatic carbocycles. The molecule has 72 valence electrons. The number of para-hydroxylation sites is 1. The Labute approximate surface area is 79.0 Å². The average Bonchev–Trinajstić information content (AvgIpc) is 2.01. The van der Waals surface area contributed by atoms with Gasteiger partial charge in [0.25, 0.3) is 0 Å².